The van der Waals surface area contributed by atoms with Crippen molar-refractivity contribution < 1.29 is 0 Å². The molecule has 3 heteroatoms. The third-order valence-electron chi connectivity index (χ3n) is 1.71. The minimum Gasteiger partial charge on any atom is -0.384 e. The Hall–Kier alpha value is -0.540. The molecule has 0 saturated carbocycles. The Morgan fingerprint density at radius 3 is 1.92 bits per heavy atom. The molecule has 0 spiro atoms. The van der Waals surface area contributed by atoms with Crippen molar-refractivity contribution >= 4 is 0 Å². The van der Waals surface area contributed by atoms with E-state index in [0.29, 0.717) is 0 Å². The van der Waals surface area contributed by atoms with E-state index in [4.69, 9.17) is 0 Å². The van der Waals surface area contributed by atoms with E-state index >= 15 is 0 Å². The van der Waals surface area contributed by atoms with E-state index in [9.17, 15) is 0 Å². The molecule has 3 nitrogen and oxygen atoms in total. The molecule has 0 aliphatic carbocycles. The number of hydrogen-bond acceptors (Lipinski definition) is 3. The Morgan fingerprint density at radius 1 is 1.33 bits per heavy atom. The van der Waals surface area contributed by atoms with Crippen molar-refractivity contribution in [3.05, 3.63) is 12.8 Å². The largest absolute Gasteiger partial charge is 0.384 e. The highest BCUT2D eigenvalue weighted by atomic mass is 15.2. The lowest BCUT2D eigenvalue weighted by molar-refractivity contribution is 0.291. The molecule has 0 aromatic carbocycles. The van der Waals surface area contributed by atoms with Crippen molar-refractivity contribution in [1.29, 1.82) is 0 Å². The molecule has 72 valence electrons. The van der Waals surface area contributed by atoms with Crippen LogP contribution in [0.4, 0.5) is 0 Å². The summed E-state index contributed by atoms with van der Waals surface area (Å²) in [5, 5.41) is 3.27. The van der Waals surface area contributed by atoms with Gasteiger partial charge in [0.2, 0.25) is 0 Å². The first-order chi connectivity index (χ1) is 5.66. The van der Waals surface area contributed by atoms with Crippen LogP contribution in [0, 0.1) is 0 Å². The van der Waals surface area contributed by atoms with Gasteiger partial charge in [-0.3, -0.25) is 0 Å². The van der Waals surface area contributed by atoms with Crippen LogP contribution >= 0.6 is 0 Å². The fourth-order valence-electron chi connectivity index (χ4n) is 0.777. The van der Waals surface area contributed by atoms with Crippen LogP contribution in [-0.4, -0.2) is 57.1 Å². The van der Waals surface area contributed by atoms with Gasteiger partial charge in [-0.25, -0.2) is 0 Å². The van der Waals surface area contributed by atoms with Gasteiger partial charge in [0.15, 0.2) is 0 Å². The minimum absolute atomic E-state index is 1.16. The zero-order chi connectivity index (χ0) is 9.40. The third-order valence-corrected chi connectivity index (χ3v) is 1.71. The Morgan fingerprint density at radius 2 is 1.75 bits per heavy atom. The van der Waals surface area contributed by atoms with E-state index in [1.54, 1.807) is 6.20 Å². The number of likely N-dealkylation sites (N-methyl/N-ethyl adjacent to an activating group) is 1. The summed E-state index contributed by atoms with van der Waals surface area (Å²) in [6.45, 7) is 8.23. The van der Waals surface area contributed by atoms with Gasteiger partial charge in [-0.2, -0.15) is 0 Å². The summed E-state index contributed by atoms with van der Waals surface area (Å²) in [5.74, 6) is 0. The minimum atomic E-state index is 1.16. The molecular formula is C9H21N3. The fourth-order valence-corrected chi connectivity index (χ4v) is 0.777. The van der Waals surface area contributed by atoms with Gasteiger partial charge < -0.3 is 15.1 Å². The molecule has 0 aromatic heterocycles. The predicted molar refractivity (Wildman–Crippen MR) is 54.3 cm³/mol. The Kier molecular flexibility index (Phi) is 6.81. The average Bonchev–Trinajstić information content (AvgIpc) is 2.07. The number of rotatable bonds is 1. The van der Waals surface area contributed by atoms with Gasteiger partial charge in [-0.05, 0) is 13.2 Å². The van der Waals surface area contributed by atoms with Crippen molar-refractivity contribution in [3.8, 4) is 0 Å². The maximum Gasteiger partial charge on any atom is 0.0104 e. The predicted octanol–water partition coefficient (Wildman–Crippen LogP) is 0.213. The van der Waals surface area contributed by atoms with Gasteiger partial charge in [-0.1, -0.05) is 6.58 Å². The number of nitrogens with one attached hydrogen (secondary N) is 1. The molecule has 0 radical (unpaired) electrons. The zero-order valence-electron chi connectivity index (χ0n) is 8.51. The number of nitrogens with zero attached hydrogens (tertiary/aromatic N) is 2. The van der Waals surface area contributed by atoms with Crippen LogP contribution < -0.4 is 5.32 Å². The van der Waals surface area contributed by atoms with E-state index in [1.807, 2.05) is 19.0 Å². The van der Waals surface area contributed by atoms with Crippen molar-refractivity contribution in [1.82, 2.24) is 15.1 Å². The smallest absolute Gasteiger partial charge is 0.0104 e. The second-order valence-corrected chi connectivity index (χ2v) is 3.20. The summed E-state index contributed by atoms with van der Waals surface area (Å²) in [6, 6.07) is 0. The van der Waals surface area contributed by atoms with Crippen LogP contribution in [0.1, 0.15) is 0 Å². The topological polar surface area (TPSA) is 18.5 Å². The van der Waals surface area contributed by atoms with E-state index in [1.165, 1.54) is 13.1 Å². The Balaban J connectivity index is 0.000000217. The van der Waals surface area contributed by atoms with E-state index in [-0.39, 0.29) is 0 Å². The van der Waals surface area contributed by atoms with Crippen molar-refractivity contribution in [3.63, 3.8) is 0 Å². The molecule has 0 bridgehead atoms. The lowest BCUT2D eigenvalue weighted by Gasteiger charge is -2.21. The lowest BCUT2D eigenvalue weighted by Crippen LogP contribution is -2.40. The molecule has 1 aliphatic rings. The highest BCUT2D eigenvalue weighted by molar-refractivity contribution is 4.62. The summed E-state index contributed by atoms with van der Waals surface area (Å²) >= 11 is 0. The fraction of sp³-hybridized carbons (Fsp3) is 0.778. The first-order valence-electron chi connectivity index (χ1n) is 4.35. The molecular weight excluding hydrogens is 150 g/mol. The quantitative estimate of drug-likeness (QED) is 0.608. The first kappa shape index (κ1) is 11.5. The maximum atomic E-state index is 3.49. The molecule has 1 heterocycles. The Labute approximate surface area is 76.0 Å². The monoisotopic (exact) mass is 171 g/mol. The average molecular weight is 171 g/mol. The van der Waals surface area contributed by atoms with Gasteiger partial charge in [0.25, 0.3) is 0 Å². The SMILES string of the molecule is C=CN(C)C.CN1CCNCC1. The summed E-state index contributed by atoms with van der Waals surface area (Å²) < 4.78 is 0. The summed E-state index contributed by atoms with van der Waals surface area (Å²) in [6.07, 6.45) is 1.75. The molecule has 1 fully saturated rings. The van der Waals surface area contributed by atoms with Crippen LogP contribution in [0.3, 0.4) is 0 Å². The van der Waals surface area contributed by atoms with Crippen molar-refractivity contribution in [2.45, 2.75) is 0 Å². The van der Waals surface area contributed by atoms with Gasteiger partial charge in [0.1, 0.15) is 0 Å². The van der Waals surface area contributed by atoms with Gasteiger partial charge >= 0.3 is 0 Å². The van der Waals surface area contributed by atoms with Crippen molar-refractivity contribution in [2.75, 3.05) is 47.3 Å². The molecule has 1 N–H and O–H groups in total. The van der Waals surface area contributed by atoms with Crippen LogP contribution in [0.2, 0.25) is 0 Å². The standard InChI is InChI=1S/C5H12N2.C4H9N/c1-7-4-2-6-3-5-7;1-4-5(2)3/h6H,2-5H2,1H3;4H,1H2,2-3H3. The zero-order valence-corrected chi connectivity index (χ0v) is 8.51. The second-order valence-electron chi connectivity index (χ2n) is 3.20. The molecule has 0 atom stereocenters. The molecule has 0 amide bonds. The van der Waals surface area contributed by atoms with Gasteiger partial charge in [0, 0.05) is 40.3 Å². The van der Waals surface area contributed by atoms with Crippen LogP contribution in [-0.2, 0) is 0 Å². The molecule has 1 saturated heterocycles. The summed E-state index contributed by atoms with van der Waals surface area (Å²) in [5.41, 5.74) is 0. The van der Waals surface area contributed by atoms with Crippen LogP contribution in [0.15, 0.2) is 12.8 Å². The lowest BCUT2D eigenvalue weighted by atomic mass is 10.4. The first-order valence-corrected chi connectivity index (χ1v) is 4.35. The van der Waals surface area contributed by atoms with Crippen molar-refractivity contribution in [2.24, 2.45) is 0 Å². The summed E-state index contributed by atoms with van der Waals surface area (Å²) in [4.78, 5) is 4.22. The molecule has 0 aromatic rings. The molecule has 1 aliphatic heterocycles. The van der Waals surface area contributed by atoms with Gasteiger partial charge in [-0.15, -0.1) is 0 Å². The van der Waals surface area contributed by atoms with Crippen LogP contribution in [0.25, 0.3) is 0 Å². The van der Waals surface area contributed by atoms with Crippen LogP contribution in [0.5, 0.6) is 0 Å². The summed E-state index contributed by atoms with van der Waals surface area (Å²) in [7, 11) is 6.03. The normalized spacial score (nSPS) is 17.6. The molecule has 1 rings (SSSR count). The highest BCUT2D eigenvalue weighted by Gasteiger charge is 2.01. The van der Waals surface area contributed by atoms with E-state index in [0.717, 1.165) is 13.1 Å². The maximum absolute atomic E-state index is 3.49. The number of piperazine rings is 1. The van der Waals surface area contributed by atoms with E-state index in [2.05, 4.69) is 23.8 Å². The number of hydrogen-bond donors (Lipinski definition) is 1. The Bertz CT molecular complexity index is 106. The van der Waals surface area contributed by atoms with E-state index < -0.39 is 0 Å². The highest BCUT2D eigenvalue weighted by Crippen LogP contribution is 1.83. The molecule has 12 heavy (non-hydrogen) atoms. The second kappa shape index (κ2) is 7.13. The van der Waals surface area contributed by atoms with Gasteiger partial charge in [0.05, 0.1) is 0 Å². The third kappa shape index (κ3) is 7.57. The molecule has 0 unspecified atom stereocenters.